The number of nitrogens with two attached hydrogens (primary N) is 1. The standard InChI is InChI=1S/C10H21N3O2S/c1-12-3-2-10(8-11,9-12)13-4-6-16(14,15)7-5-13/h2-9,11H2,1H3. The van der Waals surface area contributed by atoms with Crippen LogP contribution in [0.25, 0.3) is 0 Å². The molecule has 0 aromatic heterocycles. The van der Waals surface area contributed by atoms with Crippen LogP contribution in [0.4, 0.5) is 0 Å². The number of hydrogen-bond acceptors (Lipinski definition) is 5. The number of hydrogen-bond donors (Lipinski definition) is 1. The van der Waals surface area contributed by atoms with Crippen molar-refractivity contribution in [3.05, 3.63) is 0 Å². The highest BCUT2D eigenvalue weighted by Crippen LogP contribution is 2.27. The molecule has 0 spiro atoms. The Kier molecular flexibility index (Phi) is 3.27. The lowest BCUT2D eigenvalue weighted by atomic mass is 9.96. The first-order valence-electron chi connectivity index (χ1n) is 5.82. The maximum Gasteiger partial charge on any atom is 0.152 e. The Morgan fingerprint density at radius 1 is 1.25 bits per heavy atom. The first kappa shape index (κ1) is 12.3. The van der Waals surface area contributed by atoms with Crippen LogP contribution in [0.3, 0.4) is 0 Å². The van der Waals surface area contributed by atoms with Gasteiger partial charge < -0.3 is 10.6 Å². The van der Waals surface area contributed by atoms with Crippen molar-refractivity contribution in [1.29, 1.82) is 0 Å². The van der Waals surface area contributed by atoms with Crippen LogP contribution < -0.4 is 5.73 Å². The van der Waals surface area contributed by atoms with Crippen molar-refractivity contribution in [2.45, 2.75) is 12.0 Å². The van der Waals surface area contributed by atoms with Gasteiger partial charge in [-0.3, -0.25) is 4.90 Å². The molecule has 0 aromatic rings. The Morgan fingerprint density at radius 3 is 2.31 bits per heavy atom. The molecular weight excluding hydrogens is 226 g/mol. The summed E-state index contributed by atoms with van der Waals surface area (Å²) in [5.74, 6) is 0.580. The van der Waals surface area contributed by atoms with Crippen LogP contribution in [-0.2, 0) is 9.84 Å². The third-order valence-electron chi connectivity index (χ3n) is 3.92. The zero-order valence-corrected chi connectivity index (χ0v) is 10.7. The zero-order valence-electron chi connectivity index (χ0n) is 9.85. The Hall–Kier alpha value is -0.170. The minimum Gasteiger partial charge on any atom is -0.329 e. The van der Waals surface area contributed by atoms with E-state index in [1.807, 2.05) is 0 Å². The Labute approximate surface area is 97.5 Å². The van der Waals surface area contributed by atoms with Gasteiger partial charge in [-0.2, -0.15) is 0 Å². The quantitative estimate of drug-likeness (QED) is 0.660. The van der Waals surface area contributed by atoms with E-state index in [2.05, 4.69) is 16.8 Å². The second-order valence-corrected chi connectivity index (χ2v) is 7.36. The van der Waals surface area contributed by atoms with E-state index in [0.717, 1.165) is 19.5 Å². The summed E-state index contributed by atoms with van der Waals surface area (Å²) in [4.78, 5) is 4.56. The van der Waals surface area contributed by atoms with Gasteiger partial charge in [0.15, 0.2) is 9.84 Å². The van der Waals surface area contributed by atoms with Crippen molar-refractivity contribution in [2.24, 2.45) is 5.73 Å². The normalized spacial score (nSPS) is 36.6. The predicted octanol–water partition coefficient (Wildman–Crippen LogP) is -1.25. The fourth-order valence-corrected chi connectivity index (χ4v) is 4.00. The van der Waals surface area contributed by atoms with Crippen LogP contribution in [0.1, 0.15) is 6.42 Å². The highest BCUT2D eigenvalue weighted by Gasteiger charge is 2.42. The number of likely N-dealkylation sites (tertiary alicyclic amines) is 1. The van der Waals surface area contributed by atoms with Gasteiger partial charge in [-0.25, -0.2) is 8.42 Å². The summed E-state index contributed by atoms with van der Waals surface area (Å²) in [6.45, 7) is 3.93. The topological polar surface area (TPSA) is 66.6 Å². The summed E-state index contributed by atoms with van der Waals surface area (Å²) < 4.78 is 22.8. The minimum absolute atomic E-state index is 0.0185. The highest BCUT2D eigenvalue weighted by molar-refractivity contribution is 7.91. The first-order valence-corrected chi connectivity index (χ1v) is 7.64. The second kappa shape index (κ2) is 4.25. The van der Waals surface area contributed by atoms with E-state index < -0.39 is 9.84 Å². The van der Waals surface area contributed by atoms with Gasteiger partial charge in [0.2, 0.25) is 0 Å². The summed E-state index contributed by atoms with van der Waals surface area (Å²) in [5, 5.41) is 0. The van der Waals surface area contributed by atoms with Gasteiger partial charge in [-0.1, -0.05) is 0 Å². The number of rotatable bonds is 2. The van der Waals surface area contributed by atoms with Crippen molar-refractivity contribution in [1.82, 2.24) is 9.80 Å². The van der Waals surface area contributed by atoms with E-state index in [4.69, 9.17) is 5.73 Å². The molecule has 0 aliphatic carbocycles. The Morgan fingerprint density at radius 2 is 1.88 bits per heavy atom. The third kappa shape index (κ3) is 2.25. The number of likely N-dealkylation sites (N-methyl/N-ethyl adjacent to an activating group) is 1. The summed E-state index contributed by atoms with van der Waals surface area (Å²) in [6.07, 6.45) is 1.06. The van der Waals surface area contributed by atoms with Gasteiger partial charge in [0, 0.05) is 31.7 Å². The van der Waals surface area contributed by atoms with Crippen LogP contribution in [0.5, 0.6) is 0 Å². The van der Waals surface area contributed by atoms with Crippen molar-refractivity contribution >= 4 is 9.84 Å². The molecule has 2 aliphatic heterocycles. The van der Waals surface area contributed by atoms with Crippen molar-refractivity contribution in [3.8, 4) is 0 Å². The summed E-state index contributed by atoms with van der Waals surface area (Å²) in [7, 11) is -0.694. The molecule has 2 fully saturated rings. The van der Waals surface area contributed by atoms with E-state index in [1.165, 1.54) is 0 Å². The second-order valence-electron chi connectivity index (χ2n) is 5.06. The van der Waals surface area contributed by atoms with Gasteiger partial charge in [0.1, 0.15) is 0 Å². The van der Waals surface area contributed by atoms with Gasteiger partial charge in [-0.05, 0) is 20.0 Å². The average molecular weight is 247 g/mol. The lowest BCUT2D eigenvalue weighted by Crippen LogP contribution is -2.59. The van der Waals surface area contributed by atoms with Gasteiger partial charge >= 0.3 is 0 Å². The number of sulfone groups is 1. The van der Waals surface area contributed by atoms with Crippen LogP contribution in [-0.4, -0.2) is 75.0 Å². The average Bonchev–Trinajstić information content (AvgIpc) is 2.61. The summed E-state index contributed by atoms with van der Waals surface area (Å²) in [6, 6.07) is 0. The molecule has 0 aromatic carbocycles. The first-order chi connectivity index (χ1) is 7.47. The largest absolute Gasteiger partial charge is 0.329 e. The molecule has 1 atom stereocenters. The van der Waals surface area contributed by atoms with E-state index in [1.54, 1.807) is 0 Å². The lowest BCUT2D eigenvalue weighted by Gasteiger charge is -2.42. The van der Waals surface area contributed by atoms with Crippen LogP contribution in [0, 0.1) is 0 Å². The van der Waals surface area contributed by atoms with Gasteiger partial charge in [0.05, 0.1) is 11.5 Å². The Bertz CT molecular complexity index is 343. The molecule has 2 saturated heterocycles. The fraction of sp³-hybridized carbons (Fsp3) is 1.00. The Balaban J connectivity index is 2.07. The molecule has 1 unspecified atom stereocenters. The highest BCUT2D eigenvalue weighted by atomic mass is 32.2. The van der Waals surface area contributed by atoms with E-state index in [0.29, 0.717) is 31.1 Å². The molecule has 0 radical (unpaired) electrons. The molecule has 2 heterocycles. The fourth-order valence-electron chi connectivity index (χ4n) is 2.80. The van der Waals surface area contributed by atoms with E-state index >= 15 is 0 Å². The monoisotopic (exact) mass is 247 g/mol. The molecule has 94 valence electrons. The molecule has 5 nitrogen and oxygen atoms in total. The molecule has 6 heteroatoms. The summed E-state index contributed by atoms with van der Waals surface area (Å²) >= 11 is 0. The van der Waals surface area contributed by atoms with E-state index in [9.17, 15) is 8.42 Å². The molecule has 0 bridgehead atoms. The predicted molar refractivity (Wildman–Crippen MR) is 64.1 cm³/mol. The molecule has 16 heavy (non-hydrogen) atoms. The van der Waals surface area contributed by atoms with Crippen molar-refractivity contribution in [2.75, 3.05) is 51.3 Å². The van der Waals surface area contributed by atoms with Crippen molar-refractivity contribution < 1.29 is 8.42 Å². The molecule has 2 rings (SSSR count). The van der Waals surface area contributed by atoms with Crippen LogP contribution in [0.15, 0.2) is 0 Å². The van der Waals surface area contributed by atoms with Crippen LogP contribution >= 0.6 is 0 Å². The maximum atomic E-state index is 11.4. The smallest absolute Gasteiger partial charge is 0.152 e. The minimum atomic E-state index is -2.79. The lowest BCUT2D eigenvalue weighted by molar-refractivity contribution is 0.112. The molecule has 2 N–H and O–H groups in total. The molecule has 0 saturated carbocycles. The summed E-state index contributed by atoms with van der Waals surface area (Å²) in [5.41, 5.74) is 5.93. The van der Waals surface area contributed by atoms with Crippen molar-refractivity contribution in [3.63, 3.8) is 0 Å². The van der Waals surface area contributed by atoms with E-state index in [-0.39, 0.29) is 5.54 Å². The molecule has 0 amide bonds. The zero-order chi connectivity index (χ0) is 11.8. The number of nitrogens with zero attached hydrogens (tertiary/aromatic N) is 2. The van der Waals surface area contributed by atoms with Gasteiger partial charge in [0.25, 0.3) is 0 Å². The maximum absolute atomic E-state index is 11.4. The van der Waals surface area contributed by atoms with Crippen LogP contribution in [0.2, 0.25) is 0 Å². The third-order valence-corrected chi connectivity index (χ3v) is 5.53. The molecule has 2 aliphatic rings. The van der Waals surface area contributed by atoms with Gasteiger partial charge in [-0.15, -0.1) is 0 Å². The SMILES string of the molecule is CN1CCC(CN)(N2CCS(=O)(=O)CC2)C1. The molecular formula is C10H21N3O2S.